The van der Waals surface area contributed by atoms with E-state index in [4.69, 9.17) is 14.2 Å². The molecule has 0 spiro atoms. The maximum atomic E-state index is 12.6. The number of ether oxygens (including phenoxy) is 3. The zero-order valence-corrected chi connectivity index (χ0v) is 17.3. The van der Waals surface area contributed by atoms with Gasteiger partial charge in [-0.05, 0) is 37.3 Å². The molecule has 0 bridgehead atoms. The van der Waals surface area contributed by atoms with Crippen LogP contribution in [0.5, 0.6) is 17.2 Å². The van der Waals surface area contributed by atoms with Gasteiger partial charge in [-0.3, -0.25) is 14.9 Å². The van der Waals surface area contributed by atoms with E-state index in [1.54, 1.807) is 37.3 Å². The lowest BCUT2D eigenvalue weighted by molar-refractivity contribution is -0.122. The van der Waals surface area contributed by atoms with Crippen molar-refractivity contribution in [1.82, 2.24) is 4.98 Å². The minimum Gasteiger partial charge on any atom is -0.497 e. The molecule has 0 radical (unpaired) electrons. The smallest absolute Gasteiger partial charge is 0.265 e. The maximum Gasteiger partial charge on any atom is 0.265 e. The molecule has 2 amide bonds. The second-order valence-electron chi connectivity index (χ2n) is 6.55. The van der Waals surface area contributed by atoms with Gasteiger partial charge in [0.05, 0.1) is 25.6 Å². The summed E-state index contributed by atoms with van der Waals surface area (Å²) in [7, 11) is 3.05. The van der Waals surface area contributed by atoms with Crippen LogP contribution >= 0.6 is 11.3 Å². The minimum absolute atomic E-state index is 0.195. The van der Waals surface area contributed by atoms with E-state index in [2.05, 4.69) is 15.6 Å². The van der Waals surface area contributed by atoms with Crippen molar-refractivity contribution in [1.29, 1.82) is 0 Å². The number of rotatable bonds is 5. The summed E-state index contributed by atoms with van der Waals surface area (Å²) in [6.45, 7) is 1.69. The highest BCUT2D eigenvalue weighted by Gasteiger charge is 2.24. The molecule has 2 N–H and O–H groups in total. The average Bonchev–Trinajstić information content (AvgIpc) is 3.22. The SMILES string of the molecule is COc1cc(OC)cc(C(=O)Nc2nc(-c3ccc4c(c3)NC(=O)C(C)O4)cs2)c1. The minimum atomic E-state index is -0.528. The number of carbonyl (C=O) groups is 2. The monoisotopic (exact) mass is 425 g/mol. The van der Waals surface area contributed by atoms with Gasteiger partial charge >= 0.3 is 0 Å². The Kier molecular flexibility index (Phi) is 5.28. The summed E-state index contributed by atoms with van der Waals surface area (Å²) in [4.78, 5) is 29.0. The van der Waals surface area contributed by atoms with Gasteiger partial charge in [0, 0.05) is 22.6 Å². The number of aromatic nitrogens is 1. The average molecular weight is 425 g/mol. The number of fused-ring (bicyclic) bond motifs is 1. The second-order valence-corrected chi connectivity index (χ2v) is 7.41. The van der Waals surface area contributed by atoms with Crippen molar-refractivity contribution in [2.45, 2.75) is 13.0 Å². The lowest BCUT2D eigenvalue weighted by atomic mass is 10.1. The molecule has 4 rings (SSSR count). The van der Waals surface area contributed by atoms with Gasteiger partial charge < -0.3 is 19.5 Å². The fourth-order valence-corrected chi connectivity index (χ4v) is 3.65. The fraction of sp³-hybridized carbons (Fsp3) is 0.190. The van der Waals surface area contributed by atoms with Crippen LogP contribution in [0.15, 0.2) is 41.8 Å². The van der Waals surface area contributed by atoms with Gasteiger partial charge in [0.1, 0.15) is 17.2 Å². The molecule has 0 fully saturated rings. The van der Waals surface area contributed by atoms with Gasteiger partial charge in [0.15, 0.2) is 11.2 Å². The van der Waals surface area contributed by atoms with Gasteiger partial charge in [-0.1, -0.05) is 0 Å². The first-order chi connectivity index (χ1) is 14.5. The van der Waals surface area contributed by atoms with Crippen LogP contribution < -0.4 is 24.8 Å². The molecule has 8 nitrogen and oxygen atoms in total. The van der Waals surface area contributed by atoms with Crippen LogP contribution in [0.3, 0.4) is 0 Å². The first-order valence-electron chi connectivity index (χ1n) is 9.08. The molecule has 3 aromatic rings. The van der Waals surface area contributed by atoms with E-state index in [-0.39, 0.29) is 11.8 Å². The number of anilines is 2. The third kappa shape index (κ3) is 3.92. The molecule has 0 saturated heterocycles. The number of amides is 2. The van der Waals surface area contributed by atoms with E-state index in [0.717, 1.165) is 5.56 Å². The molecule has 1 aliphatic rings. The number of nitrogens with zero attached hydrogens (tertiary/aromatic N) is 1. The van der Waals surface area contributed by atoms with Crippen molar-refractivity contribution in [3.8, 4) is 28.5 Å². The number of carbonyl (C=O) groups excluding carboxylic acids is 2. The maximum absolute atomic E-state index is 12.6. The van der Waals surface area contributed by atoms with Crippen LogP contribution in [-0.2, 0) is 4.79 Å². The summed E-state index contributed by atoms with van der Waals surface area (Å²) < 4.78 is 16.0. The van der Waals surface area contributed by atoms with Crippen molar-refractivity contribution in [3.05, 3.63) is 47.3 Å². The largest absolute Gasteiger partial charge is 0.497 e. The molecule has 1 unspecified atom stereocenters. The number of thiazole rings is 1. The van der Waals surface area contributed by atoms with E-state index < -0.39 is 6.10 Å². The van der Waals surface area contributed by atoms with Crippen molar-refractivity contribution < 1.29 is 23.8 Å². The highest BCUT2D eigenvalue weighted by molar-refractivity contribution is 7.14. The van der Waals surface area contributed by atoms with E-state index in [1.807, 2.05) is 11.4 Å². The van der Waals surface area contributed by atoms with Crippen molar-refractivity contribution in [2.75, 3.05) is 24.9 Å². The van der Waals surface area contributed by atoms with Gasteiger partial charge in [0.2, 0.25) is 0 Å². The highest BCUT2D eigenvalue weighted by atomic mass is 32.1. The van der Waals surface area contributed by atoms with E-state index in [1.165, 1.54) is 25.6 Å². The Morgan fingerprint density at radius 3 is 2.60 bits per heavy atom. The zero-order valence-electron chi connectivity index (χ0n) is 16.5. The van der Waals surface area contributed by atoms with E-state index in [0.29, 0.717) is 39.3 Å². The topological polar surface area (TPSA) is 98.8 Å². The van der Waals surface area contributed by atoms with Gasteiger partial charge in [-0.25, -0.2) is 4.98 Å². The standard InChI is InChI=1S/C21H19N3O5S/c1-11-19(25)22-16-8-12(4-5-18(16)29-11)17-10-30-21(23-17)24-20(26)13-6-14(27-2)9-15(7-13)28-3/h4-11H,1-3H3,(H,22,25)(H,23,24,26). The van der Waals surface area contributed by atoms with E-state index >= 15 is 0 Å². The summed E-state index contributed by atoms with van der Waals surface area (Å²) in [6, 6.07) is 10.4. The van der Waals surface area contributed by atoms with Gasteiger partial charge in [-0.2, -0.15) is 0 Å². The van der Waals surface area contributed by atoms with E-state index in [9.17, 15) is 9.59 Å². The van der Waals surface area contributed by atoms with Crippen LogP contribution in [0.4, 0.5) is 10.8 Å². The highest BCUT2D eigenvalue weighted by Crippen LogP contribution is 2.35. The van der Waals surface area contributed by atoms with Crippen LogP contribution in [0.1, 0.15) is 17.3 Å². The number of hydrogen-bond donors (Lipinski definition) is 2. The summed E-state index contributed by atoms with van der Waals surface area (Å²) in [6.07, 6.45) is -0.528. The summed E-state index contributed by atoms with van der Waals surface area (Å²) in [5, 5.41) is 7.89. The zero-order chi connectivity index (χ0) is 21.3. The number of nitrogens with one attached hydrogen (secondary N) is 2. The molecule has 1 aliphatic heterocycles. The van der Waals surface area contributed by atoms with Crippen molar-refractivity contribution >= 4 is 34.0 Å². The van der Waals surface area contributed by atoms with Crippen molar-refractivity contribution in [2.24, 2.45) is 0 Å². The number of benzene rings is 2. The normalized spacial score (nSPS) is 14.9. The Labute approximate surface area is 176 Å². The molecule has 0 saturated carbocycles. The lowest BCUT2D eigenvalue weighted by Crippen LogP contribution is -2.34. The molecule has 154 valence electrons. The third-order valence-corrected chi connectivity index (χ3v) is 5.30. The molecular weight excluding hydrogens is 406 g/mol. The molecular formula is C21H19N3O5S. The Morgan fingerprint density at radius 1 is 1.17 bits per heavy atom. The quantitative estimate of drug-likeness (QED) is 0.645. The Balaban J connectivity index is 1.53. The Morgan fingerprint density at radius 2 is 1.90 bits per heavy atom. The number of methoxy groups -OCH3 is 2. The predicted molar refractivity (Wildman–Crippen MR) is 114 cm³/mol. The van der Waals surface area contributed by atoms with Crippen molar-refractivity contribution in [3.63, 3.8) is 0 Å². The molecule has 2 aromatic carbocycles. The van der Waals surface area contributed by atoms with Crippen LogP contribution in [0, 0.1) is 0 Å². The Hall–Kier alpha value is -3.59. The van der Waals surface area contributed by atoms with Gasteiger partial charge in [-0.15, -0.1) is 11.3 Å². The predicted octanol–water partition coefficient (Wildman–Crippen LogP) is 3.80. The van der Waals surface area contributed by atoms with Crippen LogP contribution in [0.25, 0.3) is 11.3 Å². The summed E-state index contributed by atoms with van der Waals surface area (Å²) >= 11 is 1.30. The molecule has 30 heavy (non-hydrogen) atoms. The first-order valence-corrected chi connectivity index (χ1v) is 9.96. The number of hydrogen-bond acceptors (Lipinski definition) is 7. The molecule has 2 heterocycles. The fourth-order valence-electron chi connectivity index (χ4n) is 2.94. The molecule has 1 atom stereocenters. The van der Waals surface area contributed by atoms with Crippen LogP contribution in [0.2, 0.25) is 0 Å². The van der Waals surface area contributed by atoms with Gasteiger partial charge in [0.25, 0.3) is 11.8 Å². The summed E-state index contributed by atoms with van der Waals surface area (Å²) in [5.41, 5.74) is 2.46. The molecule has 1 aromatic heterocycles. The first kappa shape index (κ1) is 19.7. The third-order valence-electron chi connectivity index (χ3n) is 4.54. The lowest BCUT2D eigenvalue weighted by Gasteiger charge is -2.23. The van der Waals surface area contributed by atoms with Crippen LogP contribution in [-0.4, -0.2) is 37.1 Å². The molecule has 9 heteroatoms. The molecule has 0 aliphatic carbocycles. The Bertz CT molecular complexity index is 1110. The summed E-state index contributed by atoms with van der Waals surface area (Å²) in [5.74, 6) is 1.13. The second kappa shape index (κ2) is 8.03.